The zero-order valence-electron chi connectivity index (χ0n) is 18.8. The Bertz CT molecular complexity index is 914. The van der Waals surface area contributed by atoms with Gasteiger partial charge in [-0.25, -0.2) is 0 Å². The Balaban J connectivity index is 1.84. The summed E-state index contributed by atoms with van der Waals surface area (Å²) >= 11 is 0. The van der Waals surface area contributed by atoms with Gasteiger partial charge in [-0.3, -0.25) is 10.9 Å². The summed E-state index contributed by atoms with van der Waals surface area (Å²) in [6.07, 6.45) is 11.3. The van der Waals surface area contributed by atoms with Crippen molar-refractivity contribution < 1.29 is 4.74 Å². The molecule has 1 aliphatic heterocycles. The average molecular weight is 406 g/mol. The van der Waals surface area contributed by atoms with E-state index in [1.54, 1.807) is 7.11 Å². The van der Waals surface area contributed by atoms with Crippen LogP contribution >= 0.6 is 0 Å². The van der Waals surface area contributed by atoms with E-state index in [0.717, 1.165) is 29.8 Å². The van der Waals surface area contributed by atoms with Gasteiger partial charge in [0.15, 0.2) is 0 Å². The minimum Gasteiger partial charge on any atom is -0.481 e. The molecule has 30 heavy (non-hydrogen) atoms. The fourth-order valence-electron chi connectivity index (χ4n) is 3.90. The van der Waals surface area contributed by atoms with Crippen LogP contribution in [0.3, 0.4) is 0 Å². The largest absolute Gasteiger partial charge is 0.481 e. The number of hydrazine groups is 1. The second-order valence-electron chi connectivity index (χ2n) is 7.83. The predicted molar refractivity (Wildman–Crippen MR) is 127 cm³/mol. The third-order valence-electron chi connectivity index (χ3n) is 5.68. The molecule has 160 valence electrons. The number of hydrogen-bond donors (Lipinski definition) is 3. The molecular formula is C26H35N3O. The quantitative estimate of drug-likeness (QED) is 0.402. The van der Waals surface area contributed by atoms with Crippen LogP contribution in [0, 0.1) is 6.92 Å². The summed E-state index contributed by atoms with van der Waals surface area (Å²) in [5, 5.41) is 3.70. The number of rotatable bonds is 10. The normalized spacial score (nSPS) is 13.1. The minimum atomic E-state index is 0.703. The van der Waals surface area contributed by atoms with Crippen molar-refractivity contribution in [2.45, 2.75) is 59.3 Å². The highest BCUT2D eigenvalue weighted by Gasteiger charge is 2.12. The van der Waals surface area contributed by atoms with Gasteiger partial charge in [0, 0.05) is 23.0 Å². The molecule has 0 atom stereocenters. The maximum absolute atomic E-state index is 5.22. The molecule has 0 saturated heterocycles. The van der Waals surface area contributed by atoms with Crippen molar-refractivity contribution in [3.05, 3.63) is 76.7 Å². The van der Waals surface area contributed by atoms with E-state index in [1.165, 1.54) is 48.1 Å². The van der Waals surface area contributed by atoms with E-state index in [0.29, 0.717) is 5.88 Å². The molecular weight excluding hydrogens is 370 g/mol. The Kier molecular flexibility index (Phi) is 7.83. The van der Waals surface area contributed by atoms with Crippen LogP contribution in [0.4, 0.5) is 11.4 Å². The lowest BCUT2D eigenvalue weighted by Gasteiger charge is -2.21. The summed E-state index contributed by atoms with van der Waals surface area (Å²) in [5.41, 5.74) is 14.9. The highest BCUT2D eigenvalue weighted by atomic mass is 16.5. The maximum atomic E-state index is 5.22. The van der Waals surface area contributed by atoms with E-state index in [1.807, 2.05) is 12.2 Å². The van der Waals surface area contributed by atoms with Crippen LogP contribution in [0.15, 0.2) is 54.4 Å². The van der Waals surface area contributed by atoms with E-state index in [9.17, 15) is 0 Å². The first-order valence-electron chi connectivity index (χ1n) is 11.1. The lowest BCUT2D eigenvalue weighted by molar-refractivity contribution is 0.253. The molecule has 4 nitrogen and oxygen atoms in total. The SMILES string of the molecule is CCCCCCc1c(CC)cccc1Nc1ccc(C)c(C2=CC=C(OC)NN2)c1. The Morgan fingerprint density at radius 1 is 0.967 bits per heavy atom. The van der Waals surface area contributed by atoms with Crippen molar-refractivity contribution >= 4 is 17.1 Å². The molecule has 0 aromatic heterocycles. The highest BCUT2D eigenvalue weighted by molar-refractivity contribution is 5.74. The molecule has 1 heterocycles. The van der Waals surface area contributed by atoms with Crippen LogP contribution in [0.1, 0.15) is 61.8 Å². The van der Waals surface area contributed by atoms with Crippen molar-refractivity contribution in [1.29, 1.82) is 0 Å². The van der Waals surface area contributed by atoms with Crippen LogP contribution < -0.4 is 16.2 Å². The summed E-state index contributed by atoms with van der Waals surface area (Å²) in [4.78, 5) is 0. The van der Waals surface area contributed by atoms with Gasteiger partial charge in [0.25, 0.3) is 0 Å². The molecule has 0 spiro atoms. The first-order chi connectivity index (χ1) is 14.7. The number of aryl methyl sites for hydroxylation is 2. The Morgan fingerprint density at radius 2 is 1.83 bits per heavy atom. The lowest BCUT2D eigenvalue weighted by Crippen LogP contribution is -2.32. The van der Waals surface area contributed by atoms with Crippen LogP contribution in [-0.4, -0.2) is 7.11 Å². The maximum Gasteiger partial charge on any atom is 0.205 e. The zero-order chi connectivity index (χ0) is 21.3. The zero-order valence-corrected chi connectivity index (χ0v) is 18.8. The summed E-state index contributed by atoms with van der Waals surface area (Å²) in [6.45, 7) is 6.64. The second-order valence-corrected chi connectivity index (χ2v) is 7.83. The van der Waals surface area contributed by atoms with Gasteiger partial charge in [0.05, 0.1) is 12.8 Å². The first kappa shape index (κ1) is 21.8. The topological polar surface area (TPSA) is 45.3 Å². The van der Waals surface area contributed by atoms with E-state index in [2.05, 4.69) is 73.3 Å². The molecule has 3 N–H and O–H groups in total. The summed E-state index contributed by atoms with van der Waals surface area (Å²) in [6, 6.07) is 13.2. The van der Waals surface area contributed by atoms with Gasteiger partial charge in [0.2, 0.25) is 5.88 Å². The van der Waals surface area contributed by atoms with E-state index >= 15 is 0 Å². The molecule has 2 aromatic carbocycles. The molecule has 4 heteroatoms. The molecule has 2 aromatic rings. The van der Waals surface area contributed by atoms with Gasteiger partial charge < -0.3 is 10.1 Å². The van der Waals surface area contributed by atoms with Crippen molar-refractivity contribution in [3.63, 3.8) is 0 Å². The summed E-state index contributed by atoms with van der Waals surface area (Å²) < 4.78 is 5.22. The van der Waals surface area contributed by atoms with E-state index in [-0.39, 0.29) is 0 Å². The number of anilines is 2. The molecule has 1 aliphatic rings. The first-order valence-corrected chi connectivity index (χ1v) is 11.1. The van der Waals surface area contributed by atoms with E-state index in [4.69, 9.17) is 4.74 Å². The van der Waals surface area contributed by atoms with Gasteiger partial charge in [-0.15, -0.1) is 0 Å². The number of nitrogens with one attached hydrogen (secondary N) is 3. The van der Waals surface area contributed by atoms with Crippen LogP contribution in [0.5, 0.6) is 0 Å². The Hall–Kier alpha value is -2.88. The molecule has 0 unspecified atom stereocenters. The third kappa shape index (κ3) is 5.38. The molecule has 0 aliphatic carbocycles. The van der Waals surface area contributed by atoms with Gasteiger partial charge in [0.1, 0.15) is 0 Å². The van der Waals surface area contributed by atoms with Crippen molar-refractivity contribution in [2.24, 2.45) is 0 Å². The fourth-order valence-corrected chi connectivity index (χ4v) is 3.90. The van der Waals surface area contributed by atoms with E-state index < -0.39 is 0 Å². The van der Waals surface area contributed by atoms with Gasteiger partial charge in [-0.05, 0) is 67.2 Å². The molecule has 0 bridgehead atoms. The lowest BCUT2D eigenvalue weighted by atomic mass is 9.97. The number of hydrogen-bond acceptors (Lipinski definition) is 4. The summed E-state index contributed by atoms with van der Waals surface area (Å²) in [7, 11) is 1.65. The summed E-state index contributed by atoms with van der Waals surface area (Å²) in [5.74, 6) is 0.703. The minimum absolute atomic E-state index is 0.703. The van der Waals surface area contributed by atoms with Gasteiger partial charge >= 0.3 is 0 Å². The van der Waals surface area contributed by atoms with Crippen molar-refractivity contribution in [1.82, 2.24) is 10.9 Å². The number of benzene rings is 2. The molecule has 0 fully saturated rings. The number of unbranched alkanes of at least 4 members (excludes halogenated alkanes) is 3. The van der Waals surface area contributed by atoms with Crippen molar-refractivity contribution in [2.75, 3.05) is 12.4 Å². The Morgan fingerprint density at radius 3 is 2.53 bits per heavy atom. The number of methoxy groups -OCH3 is 1. The average Bonchev–Trinajstić information content (AvgIpc) is 2.78. The fraction of sp³-hybridized carbons (Fsp3) is 0.385. The van der Waals surface area contributed by atoms with Gasteiger partial charge in [-0.2, -0.15) is 0 Å². The van der Waals surface area contributed by atoms with Crippen LogP contribution in [0.2, 0.25) is 0 Å². The third-order valence-corrected chi connectivity index (χ3v) is 5.68. The Labute approximate surface area is 181 Å². The monoisotopic (exact) mass is 405 g/mol. The number of allylic oxidation sites excluding steroid dienone is 2. The molecule has 0 radical (unpaired) electrons. The second kappa shape index (κ2) is 10.8. The van der Waals surface area contributed by atoms with Crippen molar-refractivity contribution in [3.8, 4) is 0 Å². The smallest absolute Gasteiger partial charge is 0.205 e. The van der Waals surface area contributed by atoms with Crippen LogP contribution in [0.25, 0.3) is 5.70 Å². The van der Waals surface area contributed by atoms with Crippen LogP contribution in [-0.2, 0) is 17.6 Å². The molecule has 0 amide bonds. The highest BCUT2D eigenvalue weighted by Crippen LogP contribution is 2.29. The predicted octanol–water partition coefficient (Wildman–Crippen LogP) is 6.36. The molecule has 0 saturated carbocycles. The number of ether oxygens (including phenoxy) is 1. The molecule has 3 rings (SSSR count). The van der Waals surface area contributed by atoms with Gasteiger partial charge in [-0.1, -0.05) is 51.3 Å². The standard InChI is InChI=1S/C26H35N3O/c1-5-7-8-9-12-22-20(6-2)11-10-13-24(22)27-21-15-14-19(3)23(18-21)25-16-17-26(30-4)29-28-25/h10-11,13-18,27-29H,5-9,12H2,1-4H3.